The molecule has 0 saturated carbocycles. The summed E-state index contributed by atoms with van der Waals surface area (Å²) in [4.78, 5) is 42.1. The number of hydrogen-bond donors (Lipinski definition) is 3. The van der Waals surface area contributed by atoms with Gasteiger partial charge in [0.25, 0.3) is 5.56 Å². The molecule has 0 fully saturated rings. The van der Waals surface area contributed by atoms with E-state index in [4.69, 9.17) is 15.2 Å². The number of amides is 1. The van der Waals surface area contributed by atoms with E-state index >= 15 is 0 Å². The lowest BCUT2D eigenvalue weighted by Gasteiger charge is -2.26. The van der Waals surface area contributed by atoms with E-state index in [1.165, 1.54) is 18.8 Å². The van der Waals surface area contributed by atoms with Gasteiger partial charge >= 0.3 is 5.69 Å². The van der Waals surface area contributed by atoms with Crippen LogP contribution < -0.4 is 31.9 Å². The van der Waals surface area contributed by atoms with Crippen LogP contribution in [0.3, 0.4) is 0 Å². The largest absolute Gasteiger partial charge is 0.495 e. The molecule has 0 aliphatic carbocycles. The number of nitrogen functional groups attached to an aromatic ring is 1. The fraction of sp³-hybridized carbons (Fsp3) is 0.292. The predicted octanol–water partition coefficient (Wildman–Crippen LogP) is 1.73. The van der Waals surface area contributed by atoms with Gasteiger partial charge in [-0.25, -0.2) is 4.79 Å². The van der Waals surface area contributed by atoms with Crippen LogP contribution in [-0.4, -0.2) is 42.8 Å². The molecule has 0 bridgehead atoms. The van der Waals surface area contributed by atoms with E-state index in [9.17, 15) is 14.4 Å². The quantitative estimate of drug-likeness (QED) is 0.414. The number of nitrogens with two attached hydrogens (primary N) is 1. The van der Waals surface area contributed by atoms with Gasteiger partial charge in [-0.2, -0.15) is 0 Å². The number of aromatic nitrogens is 2. The first-order valence-corrected chi connectivity index (χ1v) is 10.7. The maximum absolute atomic E-state index is 13.1. The Kier molecular flexibility index (Phi) is 8.10. The molecule has 0 radical (unpaired) electrons. The lowest BCUT2D eigenvalue weighted by atomic mass is 10.2. The van der Waals surface area contributed by atoms with E-state index in [0.717, 1.165) is 11.1 Å². The number of ether oxygens (including phenoxy) is 2. The predicted molar refractivity (Wildman–Crippen MR) is 131 cm³/mol. The number of methoxy groups -OCH3 is 2. The monoisotopic (exact) mass is 467 g/mol. The summed E-state index contributed by atoms with van der Waals surface area (Å²) in [7, 11) is 3.02. The Morgan fingerprint density at radius 3 is 2.56 bits per heavy atom. The van der Waals surface area contributed by atoms with Gasteiger partial charge in [0.15, 0.2) is 0 Å². The van der Waals surface area contributed by atoms with Gasteiger partial charge in [-0.05, 0) is 30.2 Å². The lowest BCUT2D eigenvalue weighted by Crippen LogP contribution is -2.41. The minimum atomic E-state index is -0.673. The average molecular weight is 468 g/mol. The normalized spacial score (nSPS) is 10.7. The number of nitrogens with zero attached hydrogens (tertiary/aromatic N) is 2. The van der Waals surface area contributed by atoms with Crippen molar-refractivity contribution in [1.82, 2.24) is 9.55 Å². The summed E-state index contributed by atoms with van der Waals surface area (Å²) in [5.41, 5.74) is 7.31. The number of carbonyl (C=O) groups is 1. The van der Waals surface area contributed by atoms with Crippen molar-refractivity contribution < 1.29 is 14.3 Å². The van der Waals surface area contributed by atoms with Crippen molar-refractivity contribution in [3.8, 4) is 5.75 Å². The minimum absolute atomic E-state index is 0.0333. The van der Waals surface area contributed by atoms with Crippen LogP contribution in [0.1, 0.15) is 11.1 Å². The van der Waals surface area contributed by atoms with Gasteiger partial charge in [0.05, 0.1) is 32.5 Å². The Hall–Kier alpha value is -4.05. The molecule has 3 rings (SSSR count). The van der Waals surface area contributed by atoms with Crippen LogP contribution in [0.2, 0.25) is 0 Å². The highest BCUT2D eigenvalue weighted by Crippen LogP contribution is 2.26. The second kappa shape index (κ2) is 11.2. The van der Waals surface area contributed by atoms with Crippen molar-refractivity contribution in [2.45, 2.75) is 20.0 Å². The number of anilines is 3. The number of aromatic amines is 1. The van der Waals surface area contributed by atoms with Crippen molar-refractivity contribution in [3.05, 3.63) is 80.5 Å². The molecule has 1 amide bonds. The minimum Gasteiger partial charge on any atom is -0.495 e. The molecule has 10 heteroatoms. The van der Waals surface area contributed by atoms with Gasteiger partial charge in [0, 0.05) is 13.7 Å². The highest BCUT2D eigenvalue weighted by Gasteiger charge is 2.22. The summed E-state index contributed by atoms with van der Waals surface area (Å²) in [5.74, 6) is 0.0926. The third-order valence-corrected chi connectivity index (χ3v) is 5.23. The van der Waals surface area contributed by atoms with E-state index in [-0.39, 0.29) is 43.7 Å². The third kappa shape index (κ3) is 5.84. The zero-order valence-electron chi connectivity index (χ0n) is 19.5. The average Bonchev–Trinajstić information content (AvgIpc) is 2.79. The van der Waals surface area contributed by atoms with Crippen molar-refractivity contribution >= 4 is 23.1 Å². The van der Waals surface area contributed by atoms with E-state index in [1.54, 1.807) is 17.0 Å². The van der Waals surface area contributed by atoms with Gasteiger partial charge in [-0.15, -0.1) is 0 Å². The summed E-state index contributed by atoms with van der Waals surface area (Å²) >= 11 is 0. The van der Waals surface area contributed by atoms with Crippen molar-refractivity contribution in [1.29, 1.82) is 0 Å². The molecule has 1 aromatic heterocycles. The number of aryl methyl sites for hydroxylation is 1. The highest BCUT2D eigenvalue weighted by molar-refractivity contribution is 5.95. The molecule has 0 unspecified atom stereocenters. The first-order valence-electron chi connectivity index (χ1n) is 10.7. The molecule has 2 aromatic carbocycles. The van der Waals surface area contributed by atoms with Crippen LogP contribution in [0.4, 0.5) is 17.2 Å². The summed E-state index contributed by atoms with van der Waals surface area (Å²) < 4.78 is 11.6. The van der Waals surface area contributed by atoms with Crippen LogP contribution in [0.15, 0.2) is 58.1 Å². The Morgan fingerprint density at radius 2 is 1.88 bits per heavy atom. The van der Waals surface area contributed by atoms with Crippen molar-refractivity contribution in [2.24, 2.45) is 0 Å². The number of nitrogens with one attached hydrogen (secondary N) is 2. The molecular formula is C24H29N5O5. The fourth-order valence-electron chi connectivity index (χ4n) is 3.59. The van der Waals surface area contributed by atoms with E-state index < -0.39 is 11.2 Å². The van der Waals surface area contributed by atoms with E-state index in [1.807, 2.05) is 43.3 Å². The highest BCUT2D eigenvalue weighted by atomic mass is 16.5. The number of H-pyrrole nitrogens is 1. The molecule has 4 N–H and O–H groups in total. The maximum Gasteiger partial charge on any atom is 0.330 e. The molecule has 34 heavy (non-hydrogen) atoms. The number of hydrogen-bond acceptors (Lipinski definition) is 7. The first-order chi connectivity index (χ1) is 16.3. The number of benzene rings is 2. The molecule has 3 aromatic rings. The number of carbonyl (C=O) groups excluding carboxylic acids is 1. The van der Waals surface area contributed by atoms with Crippen LogP contribution in [0.25, 0.3) is 0 Å². The van der Waals surface area contributed by atoms with Crippen LogP contribution in [-0.2, 0) is 22.6 Å². The number of rotatable bonds is 10. The van der Waals surface area contributed by atoms with Crippen molar-refractivity contribution in [3.63, 3.8) is 0 Å². The Bertz CT molecular complexity index is 1250. The second-order valence-electron chi connectivity index (χ2n) is 7.73. The van der Waals surface area contributed by atoms with Crippen LogP contribution >= 0.6 is 0 Å². The molecule has 10 nitrogen and oxygen atoms in total. The Morgan fingerprint density at radius 1 is 1.15 bits per heavy atom. The van der Waals surface area contributed by atoms with Gasteiger partial charge < -0.3 is 25.4 Å². The van der Waals surface area contributed by atoms with Crippen molar-refractivity contribution in [2.75, 3.05) is 43.3 Å². The van der Waals surface area contributed by atoms with Gasteiger partial charge in [0.2, 0.25) is 5.91 Å². The molecule has 0 saturated heterocycles. The van der Waals surface area contributed by atoms with Crippen LogP contribution in [0, 0.1) is 6.92 Å². The lowest BCUT2D eigenvalue weighted by molar-refractivity contribution is -0.115. The third-order valence-electron chi connectivity index (χ3n) is 5.23. The molecular weight excluding hydrogens is 438 g/mol. The van der Waals surface area contributed by atoms with Gasteiger partial charge in [0.1, 0.15) is 17.3 Å². The van der Waals surface area contributed by atoms with E-state index in [2.05, 4.69) is 10.3 Å². The maximum atomic E-state index is 13.1. The van der Waals surface area contributed by atoms with Crippen LogP contribution in [0.5, 0.6) is 5.75 Å². The topological polar surface area (TPSA) is 132 Å². The summed E-state index contributed by atoms with van der Waals surface area (Å²) in [5, 5.41) is 2.84. The molecule has 0 atom stereocenters. The SMILES string of the molecule is COCCn1c(N)c(N(CC(=O)Nc2cc(C)ccc2OC)Cc2ccccc2)c(=O)[nH]c1=O. The van der Waals surface area contributed by atoms with E-state index in [0.29, 0.717) is 11.4 Å². The van der Waals surface area contributed by atoms with Gasteiger partial charge in [-0.3, -0.25) is 19.1 Å². The zero-order valence-corrected chi connectivity index (χ0v) is 19.5. The zero-order chi connectivity index (χ0) is 24.7. The molecule has 180 valence electrons. The summed E-state index contributed by atoms with van der Waals surface area (Å²) in [6.45, 7) is 2.30. The summed E-state index contributed by atoms with van der Waals surface area (Å²) in [6.07, 6.45) is 0. The molecule has 0 aliphatic heterocycles. The Labute approximate surface area is 196 Å². The molecule has 0 aliphatic rings. The molecule has 0 spiro atoms. The van der Waals surface area contributed by atoms with Gasteiger partial charge in [-0.1, -0.05) is 36.4 Å². The standard InChI is InChI=1S/C24H29N5O5/c1-16-9-10-19(34-3)18(13-16)26-20(30)15-28(14-17-7-5-4-6-8-17)21-22(25)29(11-12-33-2)24(32)27-23(21)31/h4-10,13H,11-12,14-15,25H2,1-3H3,(H,26,30)(H,27,31,32). The second-order valence-corrected chi connectivity index (χ2v) is 7.73. The molecule has 1 heterocycles. The summed E-state index contributed by atoms with van der Waals surface area (Å²) in [6, 6.07) is 14.8. The Balaban J connectivity index is 1.98. The fourth-order valence-corrected chi connectivity index (χ4v) is 3.59. The first kappa shape index (κ1) is 24.6. The smallest absolute Gasteiger partial charge is 0.330 e.